The lowest BCUT2D eigenvalue weighted by atomic mass is 10.2. The molecule has 2 heterocycles. The molecule has 0 aliphatic carbocycles. The third kappa shape index (κ3) is 3.00. The summed E-state index contributed by atoms with van der Waals surface area (Å²) in [6.07, 6.45) is 1.77. The number of nitrogens with zero attached hydrogens (tertiary/aromatic N) is 4. The van der Waals surface area contributed by atoms with Crippen LogP contribution in [0, 0.1) is 5.92 Å². The van der Waals surface area contributed by atoms with Gasteiger partial charge in [-0.2, -0.15) is 9.97 Å². The van der Waals surface area contributed by atoms with Gasteiger partial charge >= 0.3 is 0 Å². The Morgan fingerprint density at radius 1 is 1.18 bits per heavy atom. The fraction of sp³-hybridized carbons (Fsp3) is 0.312. The average Bonchev–Trinajstić information content (AvgIpc) is 2.89. The minimum absolute atomic E-state index is 0.406. The Balaban J connectivity index is 1.87. The Hall–Kier alpha value is -2.63. The largest absolute Gasteiger partial charge is 0.382 e. The molecule has 0 aliphatic heterocycles. The number of anilines is 2. The van der Waals surface area contributed by atoms with Gasteiger partial charge in [0.2, 0.25) is 5.95 Å². The number of rotatable bonds is 5. The van der Waals surface area contributed by atoms with E-state index in [4.69, 9.17) is 5.73 Å². The second-order valence-corrected chi connectivity index (χ2v) is 5.73. The summed E-state index contributed by atoms with van der Waals surface area (Å²) in [7, 11) is 0. The number of nitrogens with one attached hydrogen (secondary N) is 1. The molecular formula is C16H20N6. The van der Waals surface area contributed by atoms with Crippen molar-refractivity contribution in [3.8, 4) is 0 Å². The Bertz CT molecular complexity index is 763. The van der Waals surface area contributed by atoms with E-state index in [9.17, 15) is 0 Å². The van der Waals surface area contributed by atoms with Gasteiger partial charge in [0.25, 0.3) is 0 Å². The topological polar surface area (TPSA) is 81.7 Å². The molecule has 0 saturated heterocycles. The highest BCUT2D eigenvalue weighted by molar-refractivity contribution is 5.82. The summed E-state index contributed by atoms with van der Waals surface area (Å²) in [6.45, 7) is 5.82. The third-order valence-corrected chi connectivity index (χ3v) is 3.35. The Morgan fingerprint density at radius 3 is 2.68 bits per heavy atom. The lowest BCUT2D eigenvalue weighted by molar-refractivity contribution is 0.530. The van der Waals surface area contributed by atoms with Crippen LogP contribution in [-0.2, 0) is 13.1 Å². The summed E-state index contributed by atoms with van der Waals surface area (Å²) in [6, 6.07) is 10.1. The number of imidazole rings is 1. The van der Waals surface area contributed by atoms with Gasteiger partial charge < -0.3 is 15.6 Å². The van der Waals surface area contributed by atoms with E-state index in [-0.39, 0.29) is 0 Å². The highest BCUT2D eigenvalue weighted by Crippen LogP contribution is 2.19. The SMILES string of the molecule is CC(C)Cn1cnc2c(N)nc(NCc3ccccc3)nc21. The molecule has 0 radical (unpaired) electrons. The molecule has 6 heteroatoms. The van der Waals surface area contributed by atoms with Gasteiger partial charge in [-0.3, -0.25) is 0 Å². The molecule has 0 fully saturated rings. The molecule has 3 rings (SSSR count). The van der Waals surface area contributed by atoms with Crippen molar-refractivity contribution in [1.29, 1.82) is 0 Å². The van der Waals surface area contributed by atoms with Crippen LogP contribution < -0.4 is 11.1 Å². The molecule has 3 N–H and O–H groups in total. The zero-order valence-corrected chi connectivity index (χ0v) is 12.8. The number of benzene rings is 1. The summed E-state index contributed by atoms with van der Waals surface area (Å²) in [5.74, 6) is 1.44. The van der Waals surface area contributed by atoms with E-state index in [0.717, 1.165) is 12.2 Å². The summed E-state index contributed by atoms with van der Waals surface area (Å²) in [4.78, 5) is 13.2. The molecular weight excluding hydrogens is 276 g/mol. The maximum absolute atomic E-state index is 6.00. The quantitative estimate of drug-likeness (QED) is 0.756. The predicted octanol–water partition coefficient (Wildman–Crippen LogP) is 2.68. The van der Waals surface area contributed by atoms with Crippen molar-refractivity contribution in [2.75, 3.05) is 11.1 Å². The van der Waals surface area contributed by atoms with Crippen LogP contribution in [-0.4, -0.2) is 19.5 Å². The Morgan fingerprint density at radius 2 is 1.95 bits per heavy atom. The average molecular weight is 296 g/mol. The maximum atomic E-state index is 6.00. The van der Waals surface area contributed by atoms with E-state index >= 15 is 0 Å². The second-order valence-electron chi connectivity index (χ2n) is 5.73. The van der Waals surface area contributed by atoms with Crippen molar-refractivity contribution >= 4 is 22.9 Å². The number of aromatic nitrogens is 4. The molecule has 0 spiro atoms. The van der Waals surface area contributed by atoms with Crippen LogP contribution in [0.2, 0.25) is 0 Å². The predicted molar refractivity (Wildman–Crippen MR) is 88.3 cm³/mol. The number of fused-ring (bicyclic) bond motifs is 1. The molecule has 0 aliphatic rings. The minimum Gasteiger partial charge on any atom is -0.382 e. The minimum atomic E-state index is 0.406. The number of nitrogens with two attached hydrogens (primary N) is 1. The van der Waals surface area contributed by atoms with Gasteiger partial charge in [-0.25, -0.2) is 4.98 Å². The van der Waals surface area contributed by atoms with E-state index in [1.165, 1.54) is 5.56 Å². The molecule has 6 nitrogen and oxygen atoms in total. The van der Waals surface area contributed by atoms with Gasteiger partial charge in [-0.05, 0) is 11.5 Å². The molecule has 2 aromatic heterocycles. The highest BCUT2D eigenvalue weighted by Gasteiger charge is 2.11. The summed E-state index contributed by atoms with van der Waals surface area (Å²) in [5, 5.41) is 3.22. The van der Waals surface area contributed by atoms with Gasteiger partial charge in [0.05, 0.1) is 6.33 Å². The normalized spacial score (nSPS) is 11.2. The molecule has 0 bridgehead atoms. The van der Waals surface area contributed by atoms with Crippen molar-refractivity contribution in [2.45, 2.75) is 26.9 Å². The lowest BCUT2D eigenvalue weighted by Crippen LogP contribution is -2.08. The van der Waals surface area contributed by atoms with Crippen LogP contribution >= 0.6 is 0 Å². The van der Waals surface area contributed by atoms with Gasteiger partial charge in [-0.15, -0.1) is 0 Å². The maximum Gasteiger partial charge on any atom is 0.227 e. The first-order chi connectivity index (χ1) is 10.6. The summed E-state index contributed by atoms with van der Waals surface area (Å²) >= 11 is 0. The fourth-order valence-corrected chi connectivity index (χ4v) is 2.35. The zero-order chi connectivity index (χ0) is 15.5. The third-order valence-electron chi connectivity index (χ3n) is 3.35. The molecule has 0 atom stereocenters. The standard InChI is InChI=1S/C16H20N6/c1-11(2)9-22-10-19-13-14(17)20-16(21-15(13)22)18-8-12-6-4-3-5-7-12/h3-7,10-11H,8-9H2,1-2H3,(H3,17,18,20,21). The van der Waals surface area contributed by atoms with Gasteiger partial charge in [-0.1, -0.05) is 44.2 Å². The Labute approximate surface area is 129 Å². The van der Waals surface area contributed by atoms with E-state index in [1.54, 1.807) is 6.33 Å². The molecule has 0 unspecified atom stereocenters. The first-order valence-corrected chi connectivity index (χ1v) is 7.39. The smallest absolute Gasteiger partial charge is 0.227 e. The van der Waals surface area contributed by atoms with Gasteiger partial charge in [0.1, 0.15) is 5.52 Å². The van der Waals surface area contributed by atoms with E-state index < -0.39 is 0 Å². The molecule has 22 heavy (non-hydrogen) atoms. The van der Waals surface area contributed by atoms with E-state index in [2.05, 4.69) is 46.2 Å². The van der Waals surface area contributed by atoms with E-state index in [0.29, 0.717) is 29.7 Å². The molecule has 0 amide bonds. The zero-order valence-electron chi connectivity index (χ0n) is 12.8. The number of nitrogen functional groups attached to an aromatic ring is 1. The van der Waals surface area contributed by atoms with Crippen LogP contribution in [0.1, 0.15) is 19.4 Å². The molecule has 114 valence electrons. The van der Waals surface area contributed by atoms with E-state index in [1.807, 2.05) is 22.8 Å². The van der Waals surface area contributed by atoms with Gasteiger partial charge in [0, 0.05) is 13.1 Å². The lowest BCUT2D eigenvalue weighted by Gasteiger charge is -2.09. The van der Waals surface area contributed by atoms with Crippen LogP contribution in [0.25, 0.3) is 11.2 Å². The van der Waals surface area contributed by atoms with Gasteiger partial charge in [0.15, 0.2) is 11.5 Å². The van der Waals surface area contributed by atoms with Crippen molar-refractivity contribution in [1.82, 2.24) is 19.5 Å². The summed E-state index contributed by atoms with van der Waals surface area (Å²) in [5.41, 5.74) is 8.60. The molecule has 0 saturated carbocycles. The molecule has 1 aromatic carbocycles. The van der Waals surface area contributed by atoms with Crippen LogP contribution in [0.3, 0.4) is 0 Å². The van der Waals surface area contributed by atoms with Crippen molar-refractivity contribution in [3.05, 3.63) is 42.2 Å². The fourth-order valence-electron chi connectivity index (χ4n) is 2.35. The monoisotopic (exact) mass is 296 g/mol. The first kappa shape index (κ1) is 14.3. The van der Waals surface area contributed by atoms with Crippen molar-refractivity contribution < 1.29 is 0 Å². The van der Waals surface area contributed by atoms with Crippen LogP contribution in [0.4, 0.5) is 11.8 Å². The number of hydrogen-bond donors (Lipinski definition) is 2. The second kappa shape index (κ2) is 6.01. The molecule has 3 aromatic rings. The van der Waals surface area contributed by atoms with Crippen LogP contribution in [0.15, 0.2) is 36.7 Å². The highest BCUT2D eigenvalue weighted by atomic mass is 15.2. The Kier molecular flexibility index (Phi) is 3.91. The van der Waals surface area contributed by atoms with Crippen molar-refractivity contribution in [3.63, 3.8) is 0 Å². The first-order valence-electron chi connectivity index (χ1n) is 7.39. The van der Waals surface area contributed by atoms with Crippen molar-refractivity contribution in [2.24, 2.45) is 5.92 Å². The van der Waals surface area contributed by atoms with Crippen LogP contribution in [0.5, 0.6) is 0 Å². The number of hydrogen-bond acceptors (Lipinski definition) is 5. The summed E-state index contributed by atoms with van der Waals surface area (Å²) < 4.78 is 2.02.